The lowest BCUT2D eigenvalue weighted by molar-refractivity contribution is -0.120. The van der Waals surface area contributed by atoms with E-state index in [0.717, 1.165) is 14.9 Å². The second-order valence-corrected chi connectivity index (χ2v) is 10.9. The topological polar surface area (TPSA) is 87.7 Å². The highest BCUT2D eigenvalue weighted by Gasteiger charge is 2.40. The van der Waals surface area contributed by atoms with Crippen LogP contribution in [-0.2, 0) is 9.59 Å². The summed E-state index contributed by atoms with van der Waals surface area (Å²) in [6, 6.07) is 28.6. The zero-order chi connectivity index (χ0) is 28.2. The number of nitrogens with one attached hydrogen (secondary N) is 2. The summed E-state index contributed by atoms with van der Waals surface area (Å²) in [6.45, 7) is 1.93. The Morgan fingerprint density at radius 3 is 2.25 bits per heavy atom. The summed E-state index contributed by atoms with van der Waals surface area (Å²) in [6.07, 6.45) is 0. The number of methoxy groups -OCH3 is 1. The molecule has 40 heavy (non-hydrogen) atoms. The summed E-state index contributed by atoms with van der Waals surface area (Å²) < 4.78 is 6.37. The molecule has 0 saturated heterocycles. The largest absolute Gasteiger partial charge is 0.495 e. The molecule has 200 valence electrons. The van der Waals surface area contributed by atoms with Gasteiger partial charge in [-0.2, -0.15) is 0 Å². The van der Waals surface area contributed by atoms with E-state index in [9.17, 15) is 14.4 Å². The monoisotopic (exact) mass is 613 g/mol. The molecule has 1 aliphatic rings. The summed E-state index contributed by atoms with van der Waals surface area (Å²) in [4.78, 5) is 42.0. The van der Waals surface area contributed by atoms with E-state index in [2.05, 4.69) is 26.6 Å². The SMILES string of the molecule is COc1ccc(C)cc1NC1=C(Sc2ccc(NC(=O)c3ccc(Br)cc3)cc2)C(=O)N(c2ccccc2)C1=O. The van der Waals surface area contributed by atoms with E-state index in [1.165, 1.54) is 16.7 Å². The highest BCUT2D eigenvalue weighted by molar-refractivity contribution is 9.10. The lowest BCUT2D eigenvalue weighted by atomic mass is 10.2. The number of rotatable bonds is 8. The van der Waals surface area contributed by atoms with Crippen LogP contribution in [0.4, 0.5) is 17.1 Å². The average molecular weight is 615 g/mol. The van der Waals surface area contributed by atoms with Gasteiger partial charge in [0.05, 0.1) is 18.5 Å². The molecule has 0 spiro atoms. The fourth-order valence-electron chi connectivity index (χ4n) is 4.11. The van der Waals surface area contributed by atoms with Gasteiger partial charge < -0.3 is 15.4 Å². The second-order valence-electron chi connectivity index (χ2n) is 8.90. The van der Waals surface area contributed by atoms with Crippen molar-refractivity contribution in [2.24, 2.45) is 0 Å². The van der Waals surface area contributed by atoms with Gasteiger partial charge in [-0.15, -0.1) is 0 Å². The molecule has 0 fully saturated rings. The third kappa shape index (κ3) is 5.80. The second kappa shape index (κ2) is 11.8. The fraction of sp³-hybridized carbons (Fsp3) is 0.0645. The van der Waals surface area contributed by atoms with Crippen molar-refractivity contribution in [1.82, 2.24) is 0 Å². The van der Waals surface area contributed by atoms with Gasteiger partial charge in [-0.3, -0.25) is 14.4 Å². The number of halogens is 1. The number of imide groups is 1. The Bertz CT molecular complexity index is 1620. The van der Waals surface area contributed by atoms with Crippen LogP contribution in [0.5, 0.6) is 5.75 Å². The van der Waals surface area contributed by atoms with Crippen molar-refractivity contribution in [3.63, 3.8) is 0 Å². The third-order valence-electron chi connectivity index (χ3n) is 6.11. The van der Waals surface area contributed by atoms with E-state index in [1.54, 1.807) is 79.9 Å². The van der Waals surface area contributed by atoms with Crippen molar-refractivity contribution in [3.8, 4) is 5.75 Å². The molecule has 0 unspecified atom stereocenters. The van der Waals surface area contributed by atoms with Crippen LogP contribution in [0.1, 0.15) is 15.9 Å². The highest BCUT2D eigenvalue weighted by Crippen LogP contribution is 2.39. The molecule has 0 saturated carbocycles. The maximum atomic E-state index is 13.6. The van der Waals surface area contributed by atoms with Crippen LogP contribution < -0.4 is 20.3 Å². The minimum Gasteiger partial charge on any atom is -0.495 e. The van der Waals surface area contributed by atoms with Crippen LogP contribution in [0.15, 0.2) is 117 Å². The molecule has 0 radical (unpaired) electrons. The van der Waals surface area contributed by atoms with E-state index < -0.39 is 11.8 Å². The highest BCUT2D eigenvalue weighted by atomic mass is 79.9. The maximum Gasteiger partial charge on any atom is 0.283 e. The predicted molar refractivity (Wildman–Crippen MR) is 162 cm³/mol. The van der Waals surface area contributed by atoms with Crippen molar-refractivity contribution in [2.75, 3.05) is 22.6 Å². The van der Waals surface area contributed by atoms with Gasteiger partial charge in [-0.1, -0.05) is 52.0 Å². The predicted octanol–water partition coefficient (Wildman–Crippen LogP) is 7.01. The Kier molecular flexibility index (Phi) is 8.04. The minimum absolute atomic E-state index is 0.162. The number of aryl methyl sites for hydroxylation is 1. The maximum absolute atomic E-state index is 13.6. The number of anilines is 3. The van der Waals surface area contributed by atoms with Gasteiger partial charge in [0.1, 0.15) is 16.4 Å². The van der Waals surface area contributed by atoms with Crippen molar-refractivity contribution >= 4 is 62.5 Å². The van der Waals surface area contributed by atoms with Crippen LogP contribution in [0.2, 0.25) is 0 Å². The Hall–Kier alpha value is -4.34. The van der Waals surface area contributed by atoms with Gasteiger partial charge in [0, 0.05) is 20.6 Å². The van der Waals surface area contributed by atoms with Crippen LogP contribution in [-0.4, -0.2) is 24.8 Å². The first-order valence-electron chi connectivity index (χ1n) is 12.3. The Morgan fingerprint density at radius 1 is 0.875 bits per heavy atom. The molecule has 0 atom stereocenters. The molecule has 1 aliphatic heterocycles. The molecular formula is C31H24BrN3O4S. The molecule has 0 aliphatic carbocycles. The number of para-hydroxylation sites is 1. The lowest BCUT2D eigenvalue weighted by Crippen LogP contribution is -2.32. The van der Waals surface area contributed by atoms with Gasteiger partial charge in [-0.25, -0.2) is 4.90 Å². The number of hydrogen-bond acceptors (Lipinski definition) is 6. The number of hydrogen-bond donors (Lipinski definition) is 2. The molecule has 7 nitrogen and oxygen atoms in total. The number of nitrogens with zero attached hydrogens (tertiary/aromatic N) is 1. The van der Waals surface area contributed by atoms with Crippen LogP contribution >= 0.6 is 27.7 Å². The van der Waals surface area contributed by atoms with Gasteiger partial charge in [0.2, 0.25) is 0 Å². The number of thioether (sulfide) groups is 1. The standard InChI is InChI=1S/C31H24BrN3O4S/c1-19-8-17-26(39-2)25(18-19)34-27-28(31(38)35(30(27)37)23-6-4-3-5-7-23)40-24-15-13-22(14-16-24)33-29(36)20-9-11-21(32)12-10-20/h3-18,34H,1-2H3,(H,33,36). The summed E-state index contributed by atoms with van der Waals surface area (Å²) in [5.74, 6) is -0.570. The molecule has 0 bridgehead atoms. The number of benzene rings is 4. The Balaban J connectivity index is 1.43. The molecule has 5 rings (SSSR count). The first-order chi connectivity index (χ1) is 19.3. The Morgan fingerprint density at radius 2 is 1.57 bits per heavy atom. The zero-order valence-electron chi connectivity index (χ0n) is 21.6. The first kappa shape index (κ1) is 27.2. The number of carbonyl (C=O) groups is 3. The summed E-state index contributed by atoms with van der Waals surface area (Å²) in [5, 5.41) is 6.04. The molecule has 0 aromatic heterocycles. The minimum atomic E-state index is -0.458. The van der Waals surface area contributed by atoms with Crippen LogP contribution in [0.25, 0.3) is 0 Å². The van der Waals surface area contributed by atoms with Crippen LogP contribution in [0.3, 0.4) is 0 Å². The zero-order valence-corrected chi connectivity index (χ0v) is 24.0. The van der Waals surface area contributed by atoms with Gasteiger partial charge in [0.15, 0.2) is 0 Å². The number of carbonyl (C=O) groups excluding carboxylic acids is 3. The molecule has 9 heteroatoms. The fourth-order valence-corrected chi connectivity index (χ4v) is 5.30. The third-order valence-corrected chi connectivity index (χ3v) is 7.73. The average Bonchev–Trinajstić information content (AvgIpc) is 3.18. The Labute approximate surface area is 244 Å². The van der Waals surface area contributed by atoms with Gasteiger partial charge in [0.25, 0.3) is 17.7 Å². The molecule has 3 amide bonds. The van der Waals surface area contributed by atoms with Crippen molar-refractivity contribution < 1.29 is 19.1 Å². The van der Waals surface area contributed by atoms with E-state index in [-0.39, 0.29) is 16.5 Å². The van der Waals surface area contributed by atoms with E-state index >= 15 is 0 Å². The lowest BCUT2D eigenvalue weighted by Gasteiger charge is -2.16. The van der Waals surface area contributed by atoms with E-state index in [0.29, 0.717) is 28.4 Å². The van der Waals surface area contributed by atoms with Gasteiger partial charge in [-0.05, 0) is 85.3 Å². The van der Waals surface area contributed by atoms with E-state index in [4.69, 9.17) is 4.74 Å². The molecule has 1 heterocycles. The summed E-state index contributed by atoms with van der Waals surface area (Å²) >= 11 is 4.54. The molecule has 4 aromatic rings. The number of ether oxygens (including phenoxy) is 1. The van der Waals surface area contributed by atoms with E-state index in [1.807, 2.05) is 31.2 Å². The summed E-state index contributed by atoms with van der Waals surface area (Å²) in [7, 11) is 1.55. The normalized spacial score (nSPS) is 13.0. The quantitative estimate of drug-likeness (QED) is 0.208. The van der Waals surface area contributed by atoms with Gasteiger partial charge >= 0.3 is 0 Å². The van der Waals surface area contributed by atoms with Crippen LogP contribution in [0, 0.1) is 6.92 Å². The van der Waals surface area contributed by atoms with Crippen molar-refractivity contribution in [1.29, 1.82) is 0 Å². The molecule has 2 N–H and O–H groups in total. The molecular weight excluding hydrogens is 590 g/mol. The van der Waals surface area contributed by atoms with Crippen molar-refractivity contribution in [2.45, 2.75) is 11.8 Å². The first-order valence-corrected chi connectivity index (χ1v) is 13.9. The molecule has 4 aromatic carbocycles. The van der Waals surface area contributed by atoms with Crippen molar-refractivity contribution in [3.05, 3.63) is 123 Å². The number of amides is 3. The smallest absolute Gasteiger partial charge is 0.283 e. The summed E-state index contributed by atoms with van der Waals surface area (Å²) in [5.41, 5.74) is 3.33.